The van der Waals surface area contributed by atoms with Crippen LogP contribution in [0.15, 0.2) is 73.1 Å². The van der Waals surface area contributed by atoms with Gasteiger partial charge in [-0.05, 0) is 42.8 Å². The third kappa shape index (κ3) is 3.14. The van der Waals surface area contributed by atoms with Crippen LogP contribution in [0.2, 0.25) is 0 Å². The van der Waals surface area contributed by atoms with E-state index in [2.05, 4.69) is 15.3 Å². The van der Waals surface area contributed by atoms with Gasteiger partial charge in [-0.1, -0.05) is 30.3 Å². The van der Waals surface area contributed by atoms with Gasteiger partial charge < -0.3 is 15.2 Å². The zero-order valence-electron chi connectivity index (χ0n) is 18.2. The monoisotopic (exact) mass is 451 g/mol. The molecule has 0 spiro atoms. The van der Waals surface area contributed by atoms with Gasteiger partial charge in [0.2, 0.25) is 5.91 Å². The van der Waals surface area contributed by atoms with E-state index in [1.165, 1.54) is 0 Å². The summed E-state index contributed by atoms with van der Waals surface area (Å²) in [6.07, 6.45) is 1.82. The van der Waals surface area contributed by atoms with Crippen LogP contribution in [0.3, 0.4) is 0 Å². The third-order valence-electron chi connectivity index (χ3n) is 6.39. The number of imidazole rings is 1. The van der Waals surface area contributed by atoms with E-state index >= 15 is 0 Å². The molecule has 0 bridgehead atoms. The highest BCUT2D eigenvalue weighted by Crippen LogP contribution is 2.45. The smallest absolute Gasteiger partial charge is 0.260 e. The second kappa shape index (κ2) is 7.84. The van der Waals surface area contributed by atoms with Gasteiger partial charge in [-0.15, -0.1) is 0 Å². The Bertz CT molecular complexity index is 1460. The van der Waals surface area contributed by atoms with Gasteiger partial charge in [0.05, 0.1) is 28.6 Å². The minimum Gasteiger partial charge on any atom is -0.345 e. The van der Waals surface area contributed by atoms with E-state index in [9.17, 15) is 14.4 Å². The molecule has 0 aliphatic carbocycles. The number of rotatable bonds is 5. The number of fused-ring (bicyclic) bond motifs is 6. The number of hydrogen-bond acceptors (Lipinski definition) is 4. The molecule has 8 heteroatoms. The first-order valence-electron chi connectivity index (χ1n) is 11.2. The van der Waals surface area contributed by atoms with Crippen molar-refractivity contribution in [3.05, 3.63) is 89.7 Å². The van der Waals surface area contributed by atoms with Gasteiger partial charge in [0.25, 0.3) is 11.8 Å². The molecular weight excluding hydrogens is 430 g/mol. The largest absolute Gasteiger partial charge is 0.345 e. The highest BCUT2D eigenvalue weighted by atomic mass is 16.2. The summed E-state index contributed by atoms with van der Waals surface area (Å²) in [5.74, 6) is -0.382. The molecule has 34 heavy (non-hydrogen) atoms. The number of amides is 3. The lowest BCUT2D eigenvalue weighted by Gasteiger charge is -2.41. The minimum atomic E-state index is -0.503. The first-order valence-corrected chi connectivity index (χ1v) is 11.2. The summed E-state index contributed by atoms with van der Waals surface area (Å²) in [6, 6.07) is 20.1. The summed E-state index contributed by atoms with van der Waals surface area (Å²) >= 11 is 0. The Morgan fingerprint density at radius 1 is 0.971 bits per heavy atom. The molecule has 3 amide bonds. The number of para-hydroxylation sites is 1. The lowest BCUT2D eigenvalue weighted by atomic mass is 10.0. The molecule has 3 aromatic carbocycles. The molecule has 2 aliphatic heterocycles. The lowest BCUT2D eigenvalue weighted by Crippen LogP contribution is -2.48. The molecule has 1 atom stereocenters. The van der Waals surface area contributed by atoms with Crippen molar-refractivity contribution in [2.75, 3.05) is 16.8 Å². The Balaban J connectivity index is 1.21. The van der Waals surface area contributed by atoms with E-state index in [4.69, 9.17) is 0 Å². The van der Waals surface area contributed by atoms with Crippen molar-refractivity contribution in [1.29, 1.82) is 0 Å². The number of hydrogen-bond donors (Lipinski definition) is 2. The molecule has 8 nitrogen and oxygen atoms in total. The molecule has 0 saturated carbocycles. The molecule has 0 fully saturated rings. The Morgan fingerprint density at radius 3 is 2.65 bits per heavy atom. The van der Waals surface area contributed by atoms with Crippen molar-refractivity contribution in [1.82, 2.24) is 14.9 Å². The first kappa shape index (κ1) is 20.2. The van der Waals surface area contributed by atoms with Crippen molar-refractivity contribution in [2.24, 2.45) is 0 Å². The van der Waals surface area contributed by atoms with Crippen LogP contribution in [0.1, 0.15) is 45.3 Å². The number of nitrogens with zero attached hydrogens (tertiary/aromatic N) is 3. The van der Waals surface area contributed by atoms with E-state index < -0.39 is 6.17 Å². The number of aromatic nitrogens is 2. The predicted octanol–water partition coefficient (Wildman–Crippen LogP) is 4.10. The number of benzene rings is 3. The van der Waals surface area contributed by atoms with Crippen LogP contribution in [0.5, 0.6) is 0 Å². The second-order valence-electron chi connectivity index (χ2n) is 8.44. The Labute approximate surface area is 195 Å². The average molecular weight is 451 g/mol. The van der Waals surface area contributed by atoms with Gasteiger partial charge in [0.1, 0.15) is 6.17 Å². The number of aromatic amines is 1. The quantitative estimate of drug-likeness (QED) is 0.477. The normalized spacial score (nSPS) is 16.4. The van der Waals surface area contributed by atoms with Crippen molar-refractivity contribution in [3.8, 4) is 0 Å². The van der Waals surface area contributed by atoms with Crippen molar-refractivity contribution in [3.63, 3.8) is 0 Å². The fourth-order valence-corrected chi connectivity index (χ4v) is 4.85. The Morgan fingerprint density at radius 2 is 1.76 bits per heavy atom. The highest BCUT2D eigenvalue weighted by Gasteiger charge is 2.47. The van der Waals surface area contributed by atoms with Crippen molar-refractivity contribution < 1.29 is 14.4 Å². The fourth-order valence-electron chi connectivity index (χ4n) is 4.85. The minimum absolute atomic E-state index is 0.113. The van der Waals surface area contributed by atoms with Gasteiger partial charge in [0.15, 0.2) is 0 Å². The Kier molecular flexibility index (Phi) is 4.65. The molecule has 6 rings (SSSR count). The summed E-state index contributed by atoms with van der Waals surface area (Å²) in [4.78, 5) is 49.8. The van der Waals surface area contributed by atoms with Crippen LogP contribution >= 0.6 is 0 Å². The third-order valence-corrected chi connectivity index (χ3v) is 6.39. The van der Waals surface area contributed by atoms with Gasteiger partial charge in [0, 0.05) is 29.8 Å². The molecule has 2 N–H and O–H groups in total. The molecule has 0 unspecified atom stereocenters. The topological polar surface area (TPSA) is 98.4 Å². The summed E-state index contributed by atoms with van der Waals surface area (Å²) < 4.78 is 0. The van der Waals surface area contributed by atoms with Gasteiger partial charge in [-0.3, -0.25) is 19.3 Å². The SMILES string of the molecule is O=C(CCCN1C(=O)c2ccccc2N2C(=O)c3ccccc3[C@@H]12)Nc1ccc2nc[nH]c2c1. The second-order valence-corrected chi connectivity index (χ2v) is 8.44. The summed E-state index contributed by atoms with van der Waals surface area (Å²) in [5, 5.41) is 2.90. The van der Waals surface area contributed by atoms with Crippen LogP contribution in [-0.4, -0.2) is 39.1 Å². The van der Waals surface area contributed by atoms with E-state index in [-0.39, 0.29) is 24.1 Å². The van der Waals surface area contributed by atoms with Crippen LogP contribution in [-0.2, 0) is 4.79 Å². The van der Waals surface area contributed by atoms with Gasteiger partial charge >= 0.3 is 0 Å². The molecular formula is C26H21N5O3. The predicted molar refractivity (Wildman–Crippen MR) is 127 cm³/mol. The van der Waals surface area contributed by atoms with Gasteiger partial charge in [-0.25, -0.2) is 4.98 Å². The van der Waals surface area contributed by atoms with E-state index in [0.717, 1.165) is 16.6 Å². The van der Waals surface area contributed by atoms with E-state index in [0.29, 0.717) is 35.5 Å². The van der Waals surface area contributed by atoms with Crippen LogP contribution < -0.4 is 10.2 Å². The van der Waals surface area contributed by atoms with Crippen LogP contribution in [0.25, 0.3) is 11.0 Å². The molecule has 1 aromatic heterocycles. The van der Waals surface area contributed by atoms with Crippen molar-refractivity contribution >= 4 is 40.1 Å². The zero-order valence-corrected chi connectivity index (χ0v) is 18.2. The maximum atomic E-state index is 13.4. The number of nitrogens with one attached hydrogen (secondary N) is 2. The van der Waals surface area contributed by atoms with Crippen LogP contribution in [0, 0.1) is 0 Å². The van der Waals surface area contributed by atoms with Crippen molar-refractivity contribution in [2.45, 2.75) is 19.0 Å². The van der Waals surface area contributed by atoms with Crippen LogP contribution in [0.4, 0.5) is 11.4 Å². The molecule has 0 saturated heterocycles. The Hall–Kier alpha value is -4.46. The van der Waals surface area contributed by atoms with Gasteiger partial charge in [-0.2, -0.15) is 0 Å². The molecule has 0 radical (unpaired) electrons. The summed E-state index contributed by atoms with van der Waals surface area (Å²) in [6.45, 7) is 0.350. The highest BCUT2D eigenvalue weighted by molar-refractivity contribution is 6.16. The zero-order chi connectivity index (χ0) is 23.2. The number of anilines is 2. The molecule has 3 heterocycles. The number of carbonyl (C=O) groups excluding carboxylic acids is 3. The average Bonchev–Trinajstić information content (AvgIpc) is 3.44. The molecule has 168 valence electrons. The number of carbonyl (C=O) groups is 3. The maximum absolute atomic E-state index is 13.4. The molecule has 4 aromatic rings. The van der Waals surface area contributed by atoms with E-state index in [1.54, 1.807) is 34.3 Å². The standard InChI is InChI=1S/C26H21N5O3/c32-23(29-16-11-12-20-21(14-16)28-15-27-20)10-5-13-30-24-17-6-1-2-7-18(17)26(34)31(24)22-9-4-3-8-19(22)25(30)33/h1-4,6-9,11-12,14-15,24H,5,10,13H2,(H,27,28)(H,29,32)/t24-/m0/s1. The maximum Gasteiger partial charge on any atom is 0.260 e. The lowest BCUT2D eigenvalue weighted by molar-refractivity contribution is -0.116. The summed E-state index contributed by atoms with van der Waals surface area (Å²) in [5.41, 5.74) is 4.91. The number of H-pyrrole nitrogens is 1. The summed E-state index contributed by atoms with van der Waals surface area (Å²) in [7, 11) is 0. The first-order chi connectivity index (χ1) is 16.6. The molecule has 2 aliphatic rings. The van der Waals surface area contributed by atoms with E-state index in [1.807, 2.05) is 48.5 Å². The fraction of sp³-hybridized carbons (Fsp3) is 0.154.